The van der Waals surface area contributed by atoms with Crippen LogP contribution in [0.4, 0.5) is 5.82 Å². The summed E-state index contributed by atoms with van der Waals surface area (Å²) in [5.74, 6) is 1.90. The number of amides is 1. The number of likely N-dealkylation sites (N-methyl/N-ethyl adjacent to an activating group) is 1. The quantitative estimate of drug-likeness (QED) is 0.821. The van der Waals surface area contributed by atoms with Gasteiger partial charge >= 0.3 is 0 Å². The minimum atomic E-state index is 0. The number of carbonyl (C=O) groups excluding carboxylic acids is 1. The number of piperidine rings is 1. The number of fused-ring (bicyclic) bond motifs is 1. The van der Waals surface area contributed by atoms with Gasteiger partial charge in [0.1, 0.15) is 0 Å². The SMILES string of the molecule is CN(C(=O)C1CC2CCCCC2N1)C1CCCN(c2cccnn2)C1.Cl.Cl. The molecule has 1 N–H and O–H groups in total. The maximum atomic E-state index is 13.0. The van der Waals surface area contributed by atoms with Gasteiger partial charge in [-0.2, -0.15) is 5.10 Å². The lowest BCUT2D eigenvalue weighted by Crippen LogP contribution is -2.53. The van der Waals surface area contributed by atoms with Crippen molar-refractivity contribution in [2.24, 2.45) is 5.92 Å². The number of nitrogens with one attached hydrogen (secondary N) is 1. The molecule has 4 unspecified atom stereocenters. The second-order valence-electron chi connectivity index (χ2n) is 7.88. The molecule has 1 aromatic rings. The third-order valence-corrected chi connectivity index (χ3v) is 6.33. The molecule has 3 fully saturated rings. The van der Waals surface area contributed by atoms with Crippen molar-refractivity contribution in [3.05, 3.63) is 18.3 Å². The lowest BCUT2D eigenvalue weighted by Gasteiger charge is -2.38. The van der Waals surface area contributed by atoms with Crippen molar-refractivity contribution in [3.8, 4) is 0 Å². The molecular weight excluding hydrogens is 385 g/mol. The van der Waals surface area contributed by atoms with Gasteiger partial charge in [0.2, 0.25) is 5.91 Å². The molecule has 3 aliphatic rings. The van der Waals surface area contributed by atoms with E-state index in [0.717, 1.165) is 38.2 Å². The number of hydrogen-bond acceptors (Lipinski definition) is 5. The molecule has 1 amide bonds. The first-order valence-corrected chi connectivity index (χ1v) is 9.78. The van der Waals surface area contributed by atoms with E-state index in [1.165, 1.54) is 25.7 Å². The van der Waals surface area contributed by atoms with E-state index in [2.05, 4.69) is 20.4 Å². The zero-order valence-electron chi connectivity index (χ0n) is 15.9. The molecule has 1 aliphatic carbocycles. The second kappa shape index (κ2) is 9.89. The average molecular weight is 416 g/mol. The zero-order valence-corrected chi connectivity index (χ0v) is 17.6. The van der Waals surface area contributed by atoms with Gasteiger partial charge in [-0.15, -0.1) is 29.9 Å². The summed E-state index contributed by atoms with van der Waals surface area (Å²) in [6.45, 7) is 1.84. The molecule has 3 heterocycles. The third kappa shape index (κ3) is 4.84. The summed E-state index contributed by atoms with van der Waals surface area (Å²) in [7, 11) is 1.98. The third-order valence-electron chi connectivity index (χ3n) is 6.33. The van der Waals surface area contributed by atoms with Gasteiger partial charge in [0.15, 0.2) is 5.82 Å². The summed E-state index contributed by atoms with van der Waals surface area (Å²) >= 11 is 0. The standard InChI is InChI=1S/C19H29N5O.2ClH/c1-23(19(25)17-12-14-6-2-3-8-16(14)21-17)15-7-5-11-24(13-15)18-9-4-10-20-22-18;;/h4,9-10,14-17,21H,2-3,5-8,11-13H2,1H3;2*1H. The van der Waals surface area contributed by atoms with Crippen molar-refractivity contribution in [1.82, 2.24) is 20.4 Å². The van der Waals surface area contributed by atoms with Crippen molar-refractivity contribution in [1.29, 1.82) is 0 Å². The molecule has 1 aromatic heterocycles. The van der Waals surface area contributed by atoms with E-state index < -0.39 is 0 Å². The van der Waals surface area contributed by atoms with Crippen molar-refractivity contribution in [2.45, 2.75) is 63.1 Å². The Balaban J connectivity index is 0.00000131. The maximum absolute atomic E-state index is 13.0. The van der Waals surface area contributed by atoms with E-state index in [1.807, 2.05) is 24.1 Å². The normalized spacial score (nSPS) is 29.9. The first-order chi connectivity index (χ1) is 12.2. The van der Waals surface area contributed by atoms with E-state index in [1.54, 1.807) is 6.20 Å². The molecule has 0 aromatic carbocycles. The van der Waals surface area contributed by atoms with Gasteiger partial charge < -0.3 is 15.1 Å². The van der Waals surface area contributed by atoms with Gasteiger partial charge in [-0.05, 0) is 50.2 Å². The van der Waals surface area contributed by atoms with Crippen LogP contribution in [0.15, 0.2) is 18.3 Å². The van der Waals surface area contributed by atoms with Crippen LogP contribution in [0.5, 0.6) is 0 Å². The fourth-order valence-corrected chi connectivity index (χ4v) is 4.88. The number of halogens is 2. The Morgan fingerprint density at radius 3 is 2.78 bits per heavy atom. The first kappa shape index (κ1) is 22.2. The van der Waals surface area contributed by atoms with E-state index in [9.17, 15) is 4.79 Å². The Morgan fingerprint density at radius 2 is 2.04 bits per heavy atom. The van der Waals surface area contributed by atoms with Gasteiger partial charge in [0, 0.05) is 38.4 Å². The highest BCUT2D eigenvalue weighted by Gasteiger charge is 2.40. The Bertz CT molecular complexity index is 591. The molecule has 2 aliphatic heterocycles. The van der Waals surface area contributed by atoms with Crippen LogP contribution in [0, 0.1) is 5.92 Å². The highest BCUT2D eigenvalue weighted by Crippen LogP contribution is 2.34. The van der Waals surface area contributed by atoms with Crippen molar-refractivity contribution >= 4 is 36.5 Å². The van der Waals surface area contributed by atoms with Crippen molar-refractivity contribution < 1.29 is 4.79 Å². The van der Waals surface area contributed by atoms with E-state index in [0.29, 0.717) is 12.0 Å². The smallest absolute Gasteiger partial charge is 0.239 e. The highest BCUT2D eigenvalue weighted by molar-refractivity contribution is 5.85. The fourth-order valence-electron chi connectivity index (χ4n) is 4.88. The Morgan fingerprint density at radius 1 is 1.22 bits per heavy atom. The summed E-state index contributed by atoms with van der Waals surface area (Å²) < 4.78 is 0. The van der Waals surface area contributed by atoms with Crippen LogP contribution in [0.25, 0.3) is 0 Å². The van der Waals surface area contributed by atoms with Gasteiger partial charge in [-0.1, -0.05) is 12.8 Å². The largest absolute Gasteiger partial charge is 0.353 e. The number of rotatable bonds is 3. The monoisotopic (exact) mass is 415 g/mol. The van der Waals surface area contributed by atoms with Crippen molar-refractivity contribution in [2.75, 3.05) is 25.0 Å². The molecule has 1 saturated carbocycles. The van der Waals surface area contributed by atoms with Gasteiger partial charge in [-0.3, -0.25) is 4.79 Å². The van der Waals surface area contributed by atoms with Crippen LogP contribution in [-0.4, -0.2) is 59.3 Å². The van der Waals surface area contributed by atoms with Gasteiger partial charge in [0.05, 0.1) is 6.04 Å². The number of aromatic nitrogens is 2. The molecule has 27 heavy (non-hydrogen) atoms. The van der Waals surface area contributed by atoms with Gasteiger partial charge in [0.25, 0.3) is 0 Å². The molecule has 0 bridgehead atoms. The van der Waals surface area contributed by atoms with Crippen molar-refractivity contribution in [3.63, 3.8) is 0 Å². The lowest BCUT2D eigenvalue weighted by molar-refractivity contribution is -0.134. The molecule has 0 radical (unpaired) electrons. The Labute approximate surface area is 174 Å². The topological polar surface area (TPSA) is 61.4 Å². The number of anilines is 1. The molecule has 152 valence electrons. The zero-order chi connectivity index (χ0) is 17.2. The predicted molar refractivity (Wildman–Crippen MR) is 112 cm³/mol. The predicted octanol–water partition coefficient (Wildman–Crippen LogP) is 2.67. The summed E-state index contributed by atoms with van der Waals surface area (Å²) in [4.78, 5) is 17.3. The molecule has 4 atom stereocenters. The molecule has 8 heteroatoms. The first-order valence-electron chi connectivity index (χ1n) is 9.78. The van der Waals surface area contributed by atoms with Gasteiger partial charge in [-0.25, -0.2) is 0 Å². The van der Waals surface area contributed by atoms with Crippen LogP contribution in [0.3, 0.4) is 0 Å². The molecule has 4 rings (SSSR count). The van der Waals surface area contributed by atoms with Crippen LogP contribution < -0.4 is 10.2 Å². The van der Waals surface area contributed by atoms with E-state index in [4.69, 9.17) is 0 Å². The average Bonchev–Trinajstić information content (AvgIpc) is 3.12. The second-order valence-corrected chi connectivity index (χ2v) is 7.88. The highest BCUT2D eigenvalue weighted by atomic mass is 35.5. The number of carbonyl (C=O) groups is 1. The molecular formula is C19H31Cl2N5O. The molecule has 2 saturated heterocycles. The maximum Gasteiger partial charge on any atom is 0.239 e. The molecule has 6 nitrogen and oxygen atoms in total. The van der Waals surface area contributed by atoms with Crippen LogP contribution in [-0.2, 0) is 4.79 Å². The lowest BCUT2D eigenvalue weighted by atomic mass is 9.85. The minimum Gasteiger partial charge on any atom is -0.353 e. The summed E-state index contributed by atoms with van der Waals surface area (Å²) in [5, 5.41) is 11.8. The number of nitrogens with zero attached hydrogens (tertiary/aromatic N) is 4. The van der Waals surface area contributed by atoms with Crippen LogP contribution in [0.2, 0.25) is 0 Å². The summed E-state index contributed by atoms with van der Waals surface area (Å²) in [5.41, 5.74) is 0. The molecule has 0 spiro atoms. The number of hydrogen-bond donors (Lipinski definition) is 1. The van der Waals surface area contributed by atoms with Crippen LogP contribution >= 0.6 is 24.8 Å². The Hall–Kier alpha value is -1.11. The summed E-state index contributed by atoms with van der Waals surface area (Å²) in [6, 6.07) is 4.77. The minimum absolute atomic E-state index is 0. The fraction of sp³-hybridized carbons (Fsp3) is 0.737. The van der Waals surface area contributed by atoms with E-state index in [-0.39, 0.29) is 42.8 Å². The summed E-state index contributed by atoms with van der Waals surface area (Å²) in [6.07, 6.45) is 10.0. The van der Waals surface area contributed by atoms with Crippen LogP contribution in [0.1, 0.15) is 44.9 Å². The van der Waals surface area contributed by atoms with E-state index >= 15 is 0 Å². The Kier molecular flexibility index (Phi) is 8.13.